The first kappa shape index (κ1) is 27.8. The van der Waals surface area contributed by atoms with Gasteiger partial charge in [0.15, 0.2) is 5.15 Å². The van der Waals surface area contributed by atoms with Crippen LogP contribution in [0.25, 0.3) is 0 Å². The predicted octanol–water partition coefficient (Wildman–Crippen LogP) is 5.30. The molecule has 10 heteroatoms. The van der Waals surface area contributed by atoms with Gasteiger partial charge < -0.3 is 26.2 Å². The Balaban J connectivity index is 1.51. The van der Waals surface area contributed by atoms with Crippen molar-refractivity contribution in [3.8, 4) is 0 Å². The molecule has 202 valence electrons. The summed E-state index contributed by atoms with van der Waals surface area (Å²) in [4.78, 5) is 18.9. The molecule has 0 aliphatic heterocycles. The standard InChI is InChI=1S/C29H33ClN8O/c1-37(2)14-8-13-28(39)34-24-12-7-11-23(15-24)33-25-16-27(35-26-20-38(3)36-29(26)30)32-19-22(25)18-31-17-21-9-5-4-6-10-21/h4-13,15-16,19-20,31H,14,17-18H2,1-3H3,(H,34,39)(H2,32,33,35)/b13-8+. The number of hydrogen-bond donors (Lipinski definition) is 4. The summed E-state index contributed by atoms with van der Waals surface area (Å²) >= 11 is 6.24. The quantitative estimate of drug-likeness (QED) is 0.180. The fourth-order valence-corrected chi connectivity index (χ4v) is 4.03. The topological polar surface area (TPSA) is 99.1 Å². The number of aryl methyl sites for hydroxylation is 1. The van der Waals surface area contributed by atoms with Crippen molar-refractivity contribution in [2.45, 2.75) is 13.1 Å². The smallest absolute Gasteiger partial charge is 0.248 e. The number of carbonyl (C=O) groups is 1. The SMILES string of the molecule is CN(C)C/C=C/C(=O)Nc1cccc(Nc2cc(Nc3cn(C)nc3Cl)ncc2CNCc2ccccc2)c1. The summed E-state index contributed by atoms with van der Waals surface area (Å²) < 4.78 is 1.64. The number of benzene rings is 2. The Morgan fingerprint density at radius 1 is 1.00 bits per heavy atom. The van der Waals surface area contributed by atoms with E-state index >= 15 is 0 Å². The number of halogens is 1. The first-order valence-electron chi connectivity index (χ1n) is 12.5. The molecule has 0 unspecified atom stereocenters. The molecule has 4 N–H and O–H groups in total. The molecule has 0 saturated carbocycles. The van der Waals surface area contributed by atoms with Crippen LogP contribution in [0.3, 0.4) is 0 Å². The molecule has 4 rings (SSSR count). The van der Waals surface area contributed by atoms with E-state index in [0.717, 1.165) is 23.5 Å². The van der Waals surface area contributed by atoms with Crippen molar-refractivity contribution < 1.29 is 4.79 Å². The van der Waals surface area contributed by atoms with E-state index < -0.39 is 0 Å². The number of anilines is 5. The van der Waals surface area contributed by atoms with E-state index in [1.54, 1.807) is 17.0 Å². The summed E-state index contributed by atoms with van der Waals surface area (Å²) in [6.07, 6.45) is 6.99. The highest BCUT2D eigenvalue weighted by atomic mass is 35.5. The monoisotopic (exact) mass is 544 g/mol. The van der Waals surface area contributed by atoms with Crippen molar-refractivity contribution in [1.29, 1.82) is 0 Å². The van der Waals surface area contributed by atoms with Crippen molar-refractivity contribution in [1.82, 2.24) is 25.0 Å². The molecule has 2 aromatic carbocycles. The minimum Gasteiger partial charge on any atom is -0.355 e. The van der Waals surface area contributed by atoms with Gasteiger partial charge in [0, 0.05) is 73.8 Å². The van der Waals surface area contributed by atoms with Gasteiger partial charge in [-0.3, -0.25) is 9.48 Å². The first-order valence-corrected chi connectivity index (χ1v) is 12.9. The highest BCUT2D eigenvalue weighted by Gasteiger charge is 2.11. The summed E-state index contributed by atoms with van der Waals surface area (Å²) in [7, 11) is 5.71. The molecule has 0 saturated heterocycles. The second-order valence-corrected chi connectivity index (χ2v) is 9.67. The van der Waals surface area contributed by atoms with E-state index in [1.165, 1.54) is 5.56 Å². The summed E-state index contributed by atoms with van der Waals surface area (Å²) in [6, 6.07) is 19.8. The maximum Gasteiger partial charge on any atom is 0.248 e. The number of amides is 1. The van der Waals surface area contributed by atoms with Gasteiger partial charge in [-0.2, -0.15) is 5.10 Å². The van der Waals surface area contributed by atoms with Crippen LogP contribution in [0.5, 0.6) is 0 Å². The Morgan fingerprint density at radius 2 is 1.79 bits per heavy atom. The Labute approximate surface area is 233 Å². The van der Waals surface area contributed by atoms with Crippen molar-refractivity contribution in [3.05, 3.63) is 101 Å². The number of likely N-dealkylation sites (N-methyl/N-ethyl adjacent to an activating group) is 1. The lowest BCUT2D eigenvalue weighted by Gasteiger charge is -2.15. The second kappa shape index (κ2) is 13.6. The predicted molar refractivity (Wildman–Crippen MR) is 159 cm³/mol. The molecule has 0 atom stereocenters. The van der Waals surface area contributed by atoms with Crippen LogP contribution < -0.4 is 21.3 Å². The molecule has 2 aromatic heterocycles. The third-order valence-corrected chi connectivity index (χ3v) is 5.95. The van der Waals surface area contributed by atoms with Gasteiger partial charge in [0.1, 0.15) is 5.82 Å². The molecular weight excluding hydrogens is 512 g/mol. The van der Waals surface area contributed by atoms with Gasteiger partial charge in [-0.15, -0.1) is 0 Å². The zero-order valence-corrected chi connectivity index (χ0v) is 23.0. The average molecular weight is 545 g/mol. The summed E-state index contributed by atoms with van der Waals surface area (Å²) in [5, 5.41) is 17.7. The van der Waals surface area contributed by atoms with E-state index in [0.29, 0.717) is 35.4 Å². The normalized spacial score (nSPS) is 11.2. The van der Waals surface area contributed by atoms with Crippen molar-refractivity contribution >= 4 is 46.1 Å². The minimum atomic E-state index is -0.177. The lowest BCUT2D eigenvalue weighted by atomic mass is 10.2. The fourth-order valence-electron chi connectivity index (χ4n) is 3.81. The van der Waals surface area contributed by atoms with Gasteiger partial charge in [-0.25, -0.2) is 4.98 Å². The fraction of sp³-hybridized carbons (Fsp3) is 0.207. The summed E-state index contributed by atoms with van der Waals surface area (Å²) in [6.45, 7) is 2.03. The van der Waals surface area contributed by atoms with Crippen LogP contribution in [0.2, 0.25) is 5.15 Å². The van der Waals surface area contributed by atoms with Gasteiger partial charge in [-0.1, -0.05) is 54.1 Å². The van der Waals surface area contributed by atoms with Crippen LogP contribution in [0.15, 0.2) is 85.2 Å². The van der Waals surface area contributed by atoms with E-state index in [4.69, 9.17) is 11.6 Å². The van der Waals surface area contributed by atoms with Crippen LogP contribution in [0, 0.1) is 0 Å². The van der Waals surface area contributed by atoms with Crippen molar-refractivity contribution in [2.24, 2.45) is 7.05 Å². The maximum atomic E-state index is 12.3. The number of rotatable bonds is 12. The first-order chi connectivity index (χ1) is 18.9. The van der Waals surface area contributed by atoms with Crippen LogP contribution in [-0.2, 0) is 24.9 Å². The Hall–Kier alpha value is -4.18. The van der Waals surface area contributed by atoms with Gasteiger partial charge in [-0.05, 0) is 37.9 Å². The lowest BCUT2D eigenvalue weighted by molar-refractivity contribution is -0.111. The number of pyridine rings is 1. The number of carbonyl (C=O) groups excluding carboxylic acids is 1. The molecular formula is C29H33ClN8O. The van der Waals surface area contributed by atoms with Crippen molar-refractivity contribution in [2.75, 3.05) is 36.6 Å². The molecule has 0 spiro atoms. The molecule has 0 bridgehead atoms. The molecule has 2 heterocycles. The maximum absolute atomic E-state index is 12.3. The Kier molecular flexibility index (Phi) is 9.69. The van der Waals surface area contributed by atoms with Crippen LogP contribution in [-0.4, -0.2) is 46.2 Å². The molecule has 0 aliphatic rings. The van der Waals surface area contributed by atoms with E-state index in [1.807, 2.05) is 86.8 Å². The minimum absolute atomic E-state index is 0.177. The van der Waals surface area contributed by atoms with Crippen LogP contribution >= 0.6 is 11.6 Å². The Bertz CT molecular complexity index is 1420. The van der Waals surface area contributed by atoms with Gasteiger partial charge >= 0.3 is 0 Å². The number of hydrogen-bond acceptors (Lipinski definition) is 7. The molecule has 1 amide bonds. The highest BCUT2D eigenvalue weighted by Crippen LogP contribution is 2.28. The molecule has 0 fully saturated rings. The molecule has 0 radical (unpaired) electrons. The summed E-state index contributed by atoms with van der Waals surface area (Å²) in [5.74, 6) is 0.443. The molecule has 0 aliphatic carbocycles. The zero-order valence-electron chi connectivity index (χ0n) is 22.3. The number of aromatic nitrogens is 3. The molecule has 39 heavy (non-hydrogen) atoms. The van der Waals surface area contributed by atoms with Crippen LogP contribution in [0.1, 0.15) is 11.1 Å². The largest absolute Gasteiger partial charge is 0.355 e. The van der Waals surface area contributed by atoms with E-state index in [2.05, 4.69) is 43.5 Å². The lowest BCUT2D eigenvalue weighted by Crippen LogP contribution is -2.14. The zero-order chi connectivity index (χ0) is 27.6. The van der Waals surface area contributed by atoms with Gasteiger partial charge in [0.05, 0.1) is 5.69 Å². The highest BCUT2D eigenvalue weighted by molar-refractivity contribution is 6.32. The van der Waals surface area contributed by atoms with Gasteiger partial charge in [0.25, 0.3) is 0 Å². The Morgan fingerprint density at radius 3 is 2.54 bits per heavy atom. The third-order valence-electron chi connectivity index (χ3n) is 5.67. The molecule has 4 aromatic rings. The third kappa shape index (κ3) is 8.68. The second-order valence-electron chi connectivity index (χ2n) is 9.31. The van der Waals surface area contributed by atoms with Crippen molar-refractivity contribution in [3.63, 3.8) is 0 Å². The summed E-state index contributed by atoms with van der Waals surface area (Å²) in [5.41, 5.74) is 5.23. The van der Waals surface area contributed by atoms with Gasteiger partial charge in [0.2, 0.25) is 5.91 Å². The molecule has 9 nitrogen and oxygen atoms in total. The van der Waals surface area contributed by atoms with E-state index in [-0.39, 0.29) is 5.91 Å². The van der Waals surface area contributed by atoms with E-state index in [9.17, 15) is 4.79 Å². The van der Waals surface area contributed by atoms with Crippen LogP contribution in [0.4, 0.5) is 28.6 Å². The number of nitrogens with zero attached hydrogens (tertiary/aromatic N) is 4. The number of nitrogens with one attached hydrogen (secondary N) is 4. The average Bonchev–Trinajstić information content (AvgIpc) is 3.22.